The molecule has 0 saturated heterocycles. The van der Waals surface area contributed by atoms with Gasteiger partial charge in [-0.1, -0.05) is 24.3 Å². The van der Waals surface area contributed by atoms with Crippen molar-refractivity contribution >= 4 is 28.4 Å². The minimum atomic E-state index is -0.838. The van der Waals surface area contributed by atoms with E-state index < -0.39 is 17.6 Å². The average molecular weight is 530 g/mol. The van der Waals surface area contributed by atoms with Gasteiger partial charge >= 0.3 is 11.8 Å². The molecule has 39 heavy (non-hydrogen) atoms. The number of aryl methyl sites for hydroxylation is 1. The largest absolute Gasteiger partial charge is 0.493 e. The van der Waals surface area contributed by atoms with E-state index in [1.807, 2.05) is 24.3 Å². The number of methoxy groups -OCH3 is 2. The number of hydrogen-bond acceptors (Lipinski definition) is 6. The third-order valence-electron chi connectivity index (χ3n) is 6.94. The number of benzene rings is 3. The second-order valence-corrected chi connectivity index (χ2v) is 9.26. The molecule has 2 amide bonds. The highest BCUT2D eigenvalue weighted by molar-refractivity contribution is 6.39. The lowest BCUT2D eigenvalue weighted by molar-refractivity contribution is -0.144. The standard InChI is InChI=1S/C30H28FN3O5/c1-34(24-10-6-8-18-7-4-5-9-20(18)24)30(36)29(35)33-19-11-12-26(22(31)15-19)39-25-13-14-32-23-17-28(38-3)27(37-2)16-21(23)25/h4-5,7,9,11-17,24H,6,8,10H2,1-3H3,(H,33,35). The zero-order valence-corrected chi connectivity index (χ0v) is 21.9. The number of amides is 2. The SMILES string of the molecule is COc1cc2nccc(Oc3ccc(NC(=O)C(=O)N(C)C4CCCc5ccccc54)cc3F)c2cc1OC. The predicted octanol–water partition coefficient (Wildman–Crippen LogP) is 5.66. The van der Waals surface area contributed by atoms with Crippen LogP contribution in [0.5, 0.6) is 23.0 Å². The number of pyridine rings is 1. The van der Waals surface area contributed by atoms with E-state index in [1.54, 1.807) is 31.4 Å². The van der Waals surface area contributed by atoms with Gasteiger partial charge in [-0.3, -0.25) is 14.6 Å². The van der Waals surface area contributed by atoms with Crippen molar-refractivity contribution in [2.45, 2.75) is 25.3 Å². The average Bonchev–Trinajstić information content (AvgIpc) is 2.96. The molecule has 0 spiro atoms. The molecule has 1 atom stereocenters. The number of ether oxygens (including phenoxy) is 3. The Morgan fingerprint density at radius 3 is 2.51 bits per heavy atom. The van der Waals surface area contributed by atoms with Crippen molar-refractivity contribution in [3.05, 3.63) is 83.8 Å². The van der Waals surface area contributed by atoms with Gasteiger partial charge < -0.3 is 24.4 Å². The summed E-state index contributed by atoms with van der Waals surface area (Å²) in [6.07, 6.45) is 4.20. The summed E-state index contributed by atoms with van der Waals surface area (Å²) < 4.78 is 31.6. The molecule has 1 aliphatic carbocycles. The monoisotopic (exact) mass is 529 g/mol. The van der Waals surface area contributed by atoms with Crippen molar-refractivity contribution in [3.8, 4) is 23.0 Å². The summed E-state index contributed by atoms with van der Waals surface area (Å²) in [4.78, 5) is 31.5. The summed E-state index contributed by atoms with van der Waals surface area (Å²) in [5, 5.41) is 3.11. The number of carbonyl (C=O) groups is 2. The number of nitrogens with zero attached hydrogens (tertiary/aromatic N) is 2. The van der Waals surface area contributed by atoms with Crippen LogP contribution in [-0.2, 0) is 16.0 Å². The lowest BCUT2D eigenvalue weighted by Crippen LogP contribution is -2.40. The number of halogens is 1. The van der Waals surface area contributed by atoms with E-state index in [-0.39, 0.29) is 17.5 Å². The Labute approximate surface area is 225 Å². The van der Waals surface area contributed by atoms with Gasteiger partial charge in [-0.15, -0.1) is 0 Å². The van der Waals surface area contributed by atoms with Crippen LogP contribution >= 0.6 is 0 Å². The molecule has 200 valence electrons. The Kier molecular flexibility index (Phi) is 7.31. The molecule has 9 heteroatoms. The topological polar surface area (TPSA) is 90.0 Å². The molecule has 0 radical (unpaired) electrons. The maximum atomic E-state index is 15.0. The molecule has 0 fully saturated rings. The minimum absolute atomic E-state index is 0.0578. The summed E-state index contributed by atoms with van der Waals surface area (Å²) in [5.41, 5.74) is 2.96. The smallest absolute Gasteiger partial charge is 0.313 e. The van der Waals surface area contributed by atoms with Crippen LogP contribution in [0.4, 0.5) is 10.1 Å². The molecule has 8 nitrogen and oxygen atoms in total. The van der Waals surface area contributed by atoms with E-state index >= 15 is 4.39 Å². The highest BCUT2D eigenvalue weighted by Gasteiger charge is 2.30. The Bertz CT molecular complexity index is 1560. The van der Waals surface area contributed by atoms with Gasteiger partial charge in [0, 0.05) is 36.5 Å². The van der Waals surface area contributed by atoms with Crippen LogP contribution < -0.4 is 19.5 Å². The number of rotatable bonds is 6. The molecule has 5 rings (SSSR count). The molecule has 0 aliphatic heterocycles. The third kappa shape index (κ3) is 5.20. The van der Waals surface area contributed by atoms with Crippen molar-refractivity contribution in [2.75, 3.05) is 26.6 Å². The maximum absolute atomic E-state index is 15.0. The van der Waals surface area contributed by atoms with E-state index in [0.29, 0.717) is 28.2 Å². The molecular formula is C30H28FN3O5. The first-order valence-corrected chi connectivity index (χ1v) is 12.5. The van der Waals surface area contributed by atoms with Gasteiger partial charge in [0.25, 0.3) is 0 Å². The van der Waals surface area contributed by atoms with Crippen LogP contribution in [0.2, 0.25) is 0 Å². The lowest BCUT2D eigenvalue weighted by Gasteiger charge is -2.32. The molecule has 0 saturated carbocycles. The first-order chi connectivity index (χ1) is 18.9. The van der Waals surface area contributed by atoms with E-state index in [1.165, 1.54) is 36.8 Å². The van der Waals surface area contributed by atoms with E-state index in [2.05, 4.69) is 10.3 Å². The molecular weight excluding hydrogens is 501 g/mol. The highest BCUT2D eigenvalue weighted by atomic mass is 19.1. The fourth-order valence-corrected chi connectivity index (χ4v) is 4.93. The summed E-state index contributed by atoms with van der Waals surface area (Å²) in [6, 6.07) is 16.8. The molecule has 1 unspecified atom stereocenters. The van der Waals surface area contributed by atoms with Gasteiger partial charge in [0.2, 0.25) is 0 Å². The number of aromatic nitrogens is 1. The van der Waals surface area contributed by atoms with Crippen molar-refractivity contribution in [3.63, 3.8) is 0 Å². The predicted molar refractivity (Wildman–Crippen MR) is 145 cm³/mol. The zero-order chi connectivity index (χ0) is 27.5. The van der Waals surface area contributed by atoms with Crippen LogP contribution in [0, 0.1) is 5.82 Å². The minimum Gasteiger partial charge on any atom is -0.493 e. The Balaban J connectivity index is 1.31. The summed E-state index contributed by atoms with van der Waals surface area (Å²) in [5.74, 6) is -0.944. The van der Waals surface area contributed by atoms with Crippen molar-refractivity contribution in [1.82, 2.24) is 9.88 Å². The lowest BCUT2D eigenvalue weighted by atomic mass is 9.87. The third-order valence-corrected chi connectivity index (χ3v) is 6.94. The number of anilines is 1. The maximum Gasteiger partial charge on any atom is 0.313 e. The van der Waals surface area contributed by atoms with Crippen LogP contribution in [0.15, 0.2) is 66.9 Å². The summed E-state index contributed by atoms with van der Waals surface area (Å²) >= 11 is 0. The van der Waals surface area contributed by atoms with Crippen LogP contribution in [0.3, 0.4) is 0 Å². The van der Waals surface area contributed by atoms with E-state index in [4.69, 9.17) is 14.2 Å². The van der Waals surface area contributed by atoms with Gasteiger partial charge in [0.05, 0.1) is 25.8 Å². The second kappa shape index (κ2) is 11.0. The Morgan fingerprint density at radius 2 is 1.74 bits per heavy atom. The fraction of sp³-hybridized carbons (Fsp3) is 0.233. The van der Waals surface area contributed by atoms with E-state index in [0.717, 1.165) is 30.9 Å². The van der Waals surface area contributed by atoms with Crippen LogP contribution in [0.1, 0.15) is 30.0 Å². The molecule has 1 aliphatic rings. The number of likely N-dealkylation sites (N-methyl/N-ethyl adjacent to an activating group) is 1. The van der Waals surface area contributed by atoms with Gasteiger partial charge in [0.15, 0.2) is 23.1 Å². The van der Waals surface area contributed by atoms with Gasteiger partial charge in [-0.05, 0) is 54.7 Å². The second-order valence-electron chi connectivity index (χ2n) is 9.26. The van der Waals surface area contributed by atoms with Gasteiger partial charge in [0.1, 0.15) is 5.75 Å². The molecule has 1 aromatic heterocycles. The molecule has 1 N–H and O–H groups in total. The van der Waals surface area contributed by atoms with Crippen LogP contribution in [-0.4, -0.2) is 43.0 Å². The number of fused-ring (bicyclic) bond motifs is 2. The first-order valence-electron chi connectivity index (χ1n) is 12.5. The number of nitrogens with one attached hydrogen (secondary N) is 1. The summed E-state index contributed by atoms with van der Waals surface area (Å²) in [6.45, 7) is 0. The Morgan fingerprint density at radius 1 is 0.974 bits per heavy atom. The highest BCUT2D eigenvalue weighted by Crippen LogP contribution is 2.38. The van der Waals surface area contributed by atoms with Crippen LogP contribution in [0.25, 0.3) is 10.9 Å². The number of carbonyl (C=O) groups excluding carboxylic acids is 2. The quantitative estimate of drug-likeness (QED) is 0.324. The van der Waals surface area contributed by atoms with Crippen molar-refractivity contribution in [2.24, 2.45) is 0 Å². The normalized spacial score (nSPS) is 14.3. The zero-order valence-electron chi connectivity index (χ0n) is 21.9. The van der Waals surface area contributed by atoms with E-state index in [9.17, 15) is 9.59 Å². The Hall–Kier alpha value is -4.66. The first kappa shape index (κ1) is 26.0. The fourth-order valence-electron chi connectivity index (χ4n) is 4.93. The molecule has 0 bridgehead atoms. The van der Waals surface area contributed by atoms with Crippen molar-refractivity contribution < 1.29 is 28.2 Å². The van der Waals surface area contributed by atoms with Crippen molar-refractivity contribution in [1.29, 1.82) is 0 Å². The molecule has 4 aromatic rings. The summed E-state index contributed by atoms with van der Waals surface area (Å²) in [7, 11) is 4.67. The number of hydrogen-bond donors (Lipinski definition) is 1. The van der Waals surface area contributed by atoms with Gasteiger partial charge in [-0.2, -0.15) is 0 Å². The molecule has 1 heterocycles. The van der Waals surface area contributed by atoms with Gasteiger partial charge in [-0.25, -0.2) is 4.39 Å². The molecule has 3 aromatic carbocycles.